The predicted molar refractivity (Wildman–Crippen MR) is 122 cm³/mol. The smallest absolute Gasteiger partial charge is 0.262 e. The van der Waals surface area contributed by atoms with Crippen LogP contribution in [0.4, 0.5) is 5.69 Å². The van der Waals surface area contributed by atoms with Crippen molar-refractivity contribution in [2.24, 2.45) is 0 Å². The highest BCUT2D eigenvalue weighted by Crippen LogP contribution is 2.21. The van der Waals surface area contributed by atoms with E-state index in [1.807, 2.05) is 13.0 Å². The molecule has 2 rings (SSSR count). The molecule has 0 spiro atoms. The molecule has 7 heteroatoms. The lowest BCUT2D eigenvalue weighted by Gasteiger charge is -2.30. The number of carbonyl (C=O) groups is 1. The molecule has 30 heavy (non-hydrogen) atoms. The molecular weight excluding hydrogens is 398 g/mol. The Morgan fingerprint density at radius 3 is 2.27 bits per heavy atom. The largest absolute Gasteiger partial charge is 0.351 e. The maximum absolute atomic E-state index is 12.9. The van der Waals surface area contributed by atoms with Crippen LogP contribution >= 0.6 is 0 Å². The van der Waals surface area contributed by atoms with E-state index >= 15 is 0 Å². The monoisotopic (exact) mass is 431 g/mol. The van der Waals surface area contributed by atoms with Crippen molar-refractivity contribution in [2.45, 2.75) is 58.5 Å². The fraction of sp³-hybridized carbons (Fsp3) is 0.435. The van der Waals surface area contributed by atoms with Gasteiger partial charge in [-0.15, -0.1) is 0 Å². The van der Waals surface area contributed by atoms with E-state index in [-0.39, 0.29) is 10.8 Å². The van der Waals surface area contributed by atoms with Crippen molar-refractivity contribution in [3.05, 3.63) is 59.2 Å². The van der Waals surface area contributed by atoms with Gasteiger partial charge in [0.1, 0.15) is 0 Å². The van der Waals surface area contributed by atoms with E-state index in [1.54, 1.807) is 37.3 Å². The molecule has 0 aliphatic carbocycles. The first-order valence-electron chi connectivity index (χ1n) is 10.3. The molecule has 6 nitrogen and oxygen atoms in total. The Kier molecular flexibility index (Phi) is 8.03. The summed E-state index contributed by atoms with van der Waals surface area (Å²) in [5.74, 6) is -0.283. The number of benzene rings is 2. The van der Waals surface area contributed by atoms with E-state index in [0.717, 1.165) is 12.1 Å². The van der Waals surface area contributed by atoms with Gasteiger partial charge in [0, 0.05) is 36.4 Å². The summed E-state index contributed by atoms with van der Waals surface area (Å²) in [5, 5.41) is 2.90. The molecule has 2 N–H and O–H groups in total. The van der Waals surface area contributed by atoms with Crippen molar-refractivity contribution in [1.82, 2.24) is 10.2 Å². The van der Waals surface area contributed by atoms with Gasteiger partial charge in [0.2, 0.25) is 0 Å². The minimum Gasteiger partial charge on any atom is -0.351 e. The second kappa shape index (κ2) is 10.1. The van der Waals surface area contributed by atoms with E-state index in [0.29, 0.717) is 35.4 Å². The van der Waals surface area contributed by atoms with E-state index < -0.39 is 10.0 Å². The maximum Gasteiger partial charge on any atom is 0.262 e. The summed E-state index contributed by atoms with van der Waals surface area (Å²) < 4.78 is 28.4. The molecule has 0 radical (unpaired) electrons. The van der Waals surface area contributed by atoms with E-state index in [2.05, 4.69) is 42.6 Å². The fourth-order valence-electron chi connectivity index (χ4n) is 3.46. The summed E-state index contributed by atoms with van der Waals surface area (Å²) >= 11 is 0. The van der Waals surface area contributed by atoms with Gasteiger partial charge in [-0.05, 0) is 76.9 Å². The number of sulfonamides is 1. The van der Waals surface area contributed by atoms with Crippen LogP contribution in [0.3, 0.4) is 0 Å². The first-order chi connectivity index (χ1) is 14.0. The second-order valence-corrected chi connectivity index (χ2v) is 9.79. The normalized spacial score (nSPS) is 11.9. The van der Waals surface area contributed by atoms with Crippen molar-refractivity contribution in [3.8, 4) is 0 Å². The molecule has 0 saturated carbocycles. The van der Waals surface area contributed by atoms with Crippen molar-refractivity contribution in [1.29, 1.82) is 0 Å². The highest BCUT2D eigenvalue weighted by molar-refractivity contribution is 7.92. The van der Waals surface area contributed by atoms with Crippen molar-refractivity contribution in [3.63, 3.8) is 0 Å². The summed E-state index contributed by atoms with van der Waals surface area (Å²) in [4.78, 5) is 15.0. The molecule has 0 aromatic heterocycles. The van der Waals surface area contributed by atoms with Crippen LogP contribution in [0.2, 0.25) is 0 Å². The third-order valence-electron chi connectivity index (χ3n) is 4.99. The van der Waals surface area contributed by atoms with Gasteiger partial charge < -0.3 is 5.32 Å². The number of carbonyl (C=O) groups excluding carboxylic acids is 1. The topological polar surface area (TPSA) is 78.5 Å². The minimum atomic E-state index is -3.81. The van der Waals surface area contributed by atoms with Gasteiger partial charge >= 0.3 is 0 Å². The van der Waals surface area contributed by atoms with Gasteiger partial charge in [0.15, 0.2) is 0 Å². The summed E-state index contributed by atoms with van der Waals surface area (Å²) in [5.41, 5.74) is 2.35. The first-order valence-corrected chi connectivity index (χ1v) is 11.7. The third-order valence-corrected chi connectivity index (χ3v) is 6.52. The van der Waals surface area contributed by atoms with E-state index in [4.69, 9.17) is 0 Å². The minimum absolute atomic E-state index is 0.0997. The van der Waals surface area contributed by atoms with Crippen LogP contribution in [0.5, 0.6) is 0 Å². The molecule has 0 bridgehead atoms. The number of anilines is 1. The summed E-state index contributed by atoms with van der Waals surface area (Å²) in [6.07, 6.45) is 0. The van der Waals surface area contributed by atoms with E-state index in [9.17, 15) is 13.2 Å². The number of amides is 1. The first kappa shape index (κ1) is 23.9. The van der Waals surface area contributed by atoms with Crippen LogP contribution in [-0.2, 0) is 10.0 Å². The maximum atomic E-state index is 12.9. The third kappa shape index (κ3) is 6.31. The Morgan fingerprint density at radius 2 is 1.67 bits per heavy atom. The summed E-state index contributed by atoms with van der Waals surface area (Å²) in [6.45, 7) is 13.3. The van der Waals surface area contributed by atoms with Crippen LogP contribution in [0, 0.1) is 13.8 Å². The molecule has 2 aromatic rings. The Balaban J connectivity index is 2.14. The summed E-state index contributed by atoms with van der Waals surface area (Å²) in [7, 11) is -3.81. The number of aryl methyl sites for hydroxylation is 2. The zero-order valence-electron chi connectivity index (χ0n) is 18.7. The quantitative estimate of drug-likeness (QED) is 0.630. The van der Waals surface area contributed by atoms with Crippen molar-refractivity contribution in [2.75, 3.05) is 17.8 Å². The van der Waals surface area contributed by atoms with Gasteiger partial charge in [-0.1, -0.05) is 18.2 Å². The number of hydrogen-bond donors (Lipinski definition) is 2. The SMILES string of the molecule is Cc1cccc(NS(=O)(=O)c2cc(C(=O)NCCN(C(C)C)C(C)C)ccc2C)c1. The molecule has 0 aliphatic heterocycles. The highest BCUT2D eigenvalue weighted by atomic mass is 32.2. The lowest BCUT2D eigenvalue weighted by Crippen LogP contribution is -2.42. The van der Waals surface area contributed by atoms with Crippen molar-refractivity contribution >= 4 is 21.6 Å². The average Bonchev–Trinajstić information content (AvgIpc) is 2.64. The van der Waals surface area contributed by atoms with Gasteiger partial charge in [-0.25, -0.2) is 8.42 Å². The second-order valence-electron chi connectivity index (χ2n) is 8.14. The zero-order chi connectivity index (χ0) is 22.5. The lowest BCUT2D eigenvalue weighted by atomic mass is 10.1. The molecule has 2 aromatic carbocycles. The summed E-state index contributed by atoms with van der Waals surface area (Å²) in [6, 6.07) is 12.7. The van der Waals surface area contributed by atoms with Crippen molar-refractivity contribution < 1.29 is 13.2 Å². The lowest BCUT2D eigenvalue weighted by molar-refractivity contribution is 0.0939. The van der Waals surface area contributed by atoms with Crippen LogP contribution in [-0.4, -0.2) is 44.4 Å². The number of rotatable bonds is 9. The molecule has 0 fully saturated rings. The molecule has 0 unspecified atom stereocenters. The average molecular weight is 432 g/mol. The Bertz CT molecular complexity index is 977. The van der Waals surface area contributed by atoms with Crippen LogP contribution in [0.25, 0.3) is 0 Å². The number of nitrogens with zero attached hydrogens (tertiary/aromatic N) is 1. The molecule has 0 atom stereocenters. The van der Waals surface area contributed by atoms with Crippen LogP contribution < -0.4 is 10.0 Å². The van der Waals surface area contributed by atoms with Gasteiger partial charge in [0.25, 0.3) is 15.9 Å². The zero-order valence-corrected chi connectivity index (χ0v) is 19.5. The molecule has 0 saturated heterocycles. The fourth-order valence-corrected chi connectivity index (χ4v) is 4.78. The molecular formula is C23H33N3O3S. The molecule has 0 heterocycles. The molecule has 1 amide bonds. The van der Waals surface area contributed by atoms with Gasteiger partial charge in [-0.3, -0.25) is 14.4 Å². The number of hydrogen-bond acceptors (Lipinski definition) is 4. The van der Waals surface area contributed by atoms with Gasteiger partial charge in [-0.2, -0.15) is 0 Å². The molecule has 0 aliphatic rings. The Morgan fingerprint density at radius 1 is 1.00 bits per heavy atom. The van der Waals surface area contributed by atoms with Gasteiger partial charge in [0.05, 0.1) is 4.90 Å². The predicted octanol–water partition coefficient (Wildman–Crippen LogP) is 3.95. The highest BCUT2D eigenvalue weighted by Gasteiger charge is 2.20. The van der Waals surface area contributed by atoms with Crippen LogP contribution in [0.15, 0.2) is 47.4 Å². The standard InChI is InChI=1S/C23H33N3O3S/c1-16(2)26(17(3)4)13-12-24-23(27)20-11-10-19(6)22(15-20)30(28,29)25-21-9-7-8-18(5)14-21/h7-11,14-17,25H,12-13H2,1-6H3,(H,24,27). The number of nitrogens with one attached hydrogen (secondary N) is 2. The Hall–Kier alpha value is -2.38. The van der Waals surface area contributed by atoms with E-state index in [1.165, 1.54) is 6.07 Å². The van der Waals surface area contributed by atoms with Crippen LogP contribution in [0.1, 0.15) is 49.2 Å². The Labute approximate surface area is 180 Å². The molecule has 164 valence electrons.